The summed E-state index contributed by atoms with van der Waals surface area (Å²) in [5, 5.41) is 1.72. The van der Waals surface area contributed by atoms with Crippen LogP contribution in [0.5, 0.6) is 0 Å². The maximum absolute atomic E-state index is 13.1. The van der Waals surface area contributed by atoms with Gasteiger partial charge in [0.2, 0.25) is 5.91 Å². The number of aromatic nitrogens is 3. The summed E-state index contributed by atoms with van der Waals surface area (Å²) in [6.45, 7) is 2.33. The molecule has 9 nitrogen and oxygen atoms in total. The van der Waals surface area contributed by atoms with Crippen LogP contribution in [-0.2, 0) is 22.5 Å². The number of carbonyl (C=O) groups is 2. The lowest BCUT2D eigenvalue weighted by atomic mass is 10.0. The summed E-state index contributed by atoms with van der Waals surface area (Å²) in [5.74, 6) is 0.715. The van der Waals surface area contributed by atoms with E-state index in [1.807, 2.05) is 12.3 Å². The van der Waals surface area contributed by atoms with Crippen LogP contribution < -0.4 is 9.80 Å². The molecule has 0 saturated heterocycles. The molecule has 0 saturated carbocycles. The molecule has 0 bridgehead atoms. The van der Waals surface area contributed by atoms with E-state index >= 15 is 0 Å². The molecular formula is C20H22N6O3S. The van der Waals surface area contributed by atoms with Gasteiger partial charge in [-0.15, -0.1) is 11.3 Å². The second-order valence-electron chi connectivity index (χ2n) is 7.49. The Balaban J connectivity index is 1.55. The fourth-order valence-electron chi connectivity index (χ4n) is 4.16. The average Bonchev–Trinajstić information content (AvgIpc) is 3.35. The molecule has 10 heteroatoms. The first-order valence-electron chi connectivity index (χ1n) is 9.80. The van der Waals surface area contributed by atoms with E-state index in [-0.39, 0.29) is 18.4 Å². The Bertz CT molecular complexity index is 1140. The third-order valence-corrected chi connectivity index (χ3v) is 6.91. The number of aromatic amines is 1. The van der Waals surface area contributed by atoms with Crippen LogP contribution in [0.1, 0.15) is 20.8 Å². The van der Waals surface area contributed by atoms with Crippen LogP contribution in [0.3, 0.4) is 0 Å². The number of carbonyl (C=O) groups excluding carboxylic acids is 2. The molecule has 0 spiro atoms. The summed E-state index contributed by atoms with van der Waals surface area (Å²) >= 11 is 1.53. The Kier molecular flexibility index (Phi) is 4.67. The van der Waals surface area contributed by atoms with E-state index in [0.29, 0.717) is 25.3 Å². The summed E-state index contributed by atoms with van der Waals surface area (Å²) in [4.78, 5) is 44.4. The van der Waals surface area contributed by atoms with Crippen molar-refractivity contribution >= 4 is 45.0 Å². The Morgan fingerprint density at radius 3 is 2.97 bits per heavy atom. The minimum Gasteiger partial charge on any atom is -0.383 e. The van der Waals surface area contributed by atoms with E-state index in [4.69, 9.17) is 4.74 Å². The molecule has 3 aromatic heterocycles. The van der Waals surface area contributed by atoms with Gasteiger partial charge in [-0.2, -0.15) is 0 Å². The molecule has 156 valence electrons. The largest absolute Gasteiger partial charge is 0.383 e. The summed E-state index contributed by atoms with van der Waals surface area (Å²) in [7, 11) is 3.30. The van der Waals surface area contributed by atoms with Crippen molar-refractivity contribution in [3.8, 4) is 0 Å². The predicted molar refractivity (Wildman–Crippen MR) is 114 cm³/mol. The topological polar surface area (TPSA) is 94.7 Å². The monoisotopic (exact) mass is 426 g/mol. The molecule has 0 aliphatic carbocycles. The number of ether oxygens (including phenoxy) is 1. The molecule has 0 radical (unpaired) electrons. The van der Waals surface area contributed by atoms with Crippen LogP contribution in [0, 0.1) is 0 Å². The van der Waals surface area contributed by atoms with E-state index in [1.165, 1.54) is 16.2 Å². The van der Waals surface area contributed by atoms with Crippen molar-refractivity contribution in [3.05, 3.63) is 34.6 Å². The average molecular weight is 427 g/mol. The number of methoxy groups -OCH3 is 1. The lowest BCUT2D eigenvalue weighted by molar-refractivity contribution is -0.119. The highest BCUT2D eigenvalue weighted by atomic mass is 32.1. The van der Waals surface area contributed by atoms with Gasteiger partial charge in [0, 0.05) is 31.8 Å². The van der Waals surface area contributed by atoms with Crippen molar-refractivity contribution in [1.82, 2.24) is 19.9 Å². The highest BCUT2D eigenvalue weighted by Crippen LogP contribution is 2.42. The lowest BCUT2D eigenvalue weighted by Crippen LogP contribution is -2.39. The molecule has 2 aliphatic rings. The van der Waals surface area contributed by atoms with Crippen molar-refractivity contribution in [3.63, 3.8) is 0 Å². The summed E-state index contributed by atoms with van der Waals surface area (Å²) in [6.07, 6.45) is 4.15. The summed E-state index contributed by atoms with van der Waals surface area (Å²) in [6, 6.07) is 1.98. The van der Waals surface area contributed by atoms with Crippen LogP contribution in [0.2, 0.25) is 0 Å². The molecule has 2 amide bonds. The number of thiophene rings is 1. The highest BCUT2D eigenvalue weighted by Gasteiger charge is 2.37. The first-order chi connectivity index (χ1) is 14.6. The molecule has 0 aromatic carbocycles. The van der Waals surface area contributed by atoms with Crippen LogP contribution >= 0.6 is 11.3 Å². The van der Waals surface area contributed by atoms with Gasteiger partial charge in [-0.25, -0.2) is 9.97 Å². The smallest absolute Gasteiger partial charge is 0.257 e. The van der Waals surface area contributed by atoms with E-state index in [1.54, 1.807) is 25.4 Å². The number of anilines is 2. The molecule has 0 fully saturated rings. The number of amides is 2. The fraction of sp³-hybridized carbons (Fsp3) is 0.400. The number of nitrogens with one attached hydrogen (secondary N) is 1. The molecular weight excluding hydrogens is 404 g/mol. The van der Waals surface area contributed by atoms with Crippen LogP contribution in [0.15, 0.2) is 18.6 Å². The zero-order valence-electron chi connectivity index (χ0n) is 16.8. The van der Waals surface area contributed by atoms with E-state index in [2.05, 4.69) is 19.9 Å². The number of rotatable bonds is 4. The van der Waals surface area contributed by atoms with Crippen molar-refractivity contribution in [1.29, 1.82) is 0 Å². The predicted octanol–water partition coefficient (Wildman–Crippen LogP) is 1.65. The van der Waals surface area contributed by atoms with Gasteiger partial charge in [0.1, 0.15) is 29.3 Å². The van der Waals surface area contributed by atoms with E-state index in [0.717, 1.165) is 45.3 Å². The Labute approximate surface area is 177 Å². The third kappa shape index (κ3) is 2.94. The van der Waals surface area contributed by atoms with Gasteiger partial charge in [-0.1, -0.05) is 0 Å². The summed E-state index contributed by atoms with van der Waals surface area (Å²) < 4.78 is 5.20. The molecule has 5 rings (SSSR count). The third-order valence-electron chi connectivity index (χ3n) is 5.67. The standard InChI is InChI=1S/C20H22N6O3S/c1-24-10-15(27)26(7-8-29-2)20-16(19(24)28)12-4-6-25(9-14(12)30-20)18-13-3-5-21-17(13)22-11-23-18/h3,5,11H,4,6-10H2,1-2H3,(H,21,22,23). The Hall–Kier alpha value is -2.98. The van der Waals surface area contributed by atoms with Gasteiger partial charge in [0.05, 0.1) is 30.6 Å². The fourth-order valence-corrected chi connectivity index (χ4v) is 5.56. The molecule has 0 unspecified atom stereocenters. The van der Waals surface area contributed by atoms with E-state index < -0.39 is 0 Å². The molecule has 1 N–H and O–H groups in total. The zero-order valence-corrected chi connectivity index (χ0v) is 17.7. The Morgan fingerprint density at radius 2 is 2.13 bits per heavy atom. The van der Waals surface area contributed by atoms with Crippen molar-refractivity contribution in [2.45, 2.75) is 13.0 Å². The van der Waals surface area contributed by atoms with Gasteiger partial charge in [0.15, 0.2) is 0 Å². The second kappa shape index (κ2) is 7.37. The maximum atomic E-state index is 13.1. The minimum atomic E-state index is -0.0840. The molecule has 5 heterocycles. The highest BCUT2D eigenvalue weighted by molar-refractivity contribution is 7.17. The first-order valence-corrected chi connectivity index (χ1v) is 10.6. The van der Waals surface area contributed by atoms with Crippen LogP contribution in [-0.4, -0.2) is 72.1 Å². The van der Waals surface area contributed by atoms with Gasteiger partial charge in [-0.3, -0.25) is 14.5 Å². The minimum absolute atomic E-state index is 0.0806. The number of hydrogen-bond acceptors (Lipinski definition) is 7. The molecule has 30 heavy (non-hydrogen) atoms. The number of hydrogen-bond donors (Lipinski definition) is 1. The lowest BCUT2D eigenvalue weighted by Gasteiger charge is -2.28. The van der Waals surface area contributed by atoms with Crippen LogP contribution in [0.25, 0.3) is 11.0 Å². The number of fused-ring (bicyclic) bond motifs is 4. The van der Waals surface area contributed by atoms with Crippen molar-refractivity contribution in [2.75, 3.05) is 50.2 Å². The molecule has 2 aliphatic heterocycles. The number of H-pyrrole nitrogens is 1. The quantitative estimate of drug-likeness (QED) is 0.682. The van der Waals surface area contributed by atoms with Gasteiger partial charge in [0.25, 0.3) is 5.91 Å². The Morgan fingerprint density at radius 1 is 1.27 bits per heavy atom. The maximum Gasteiger partial charge on any atom is 0.257 e. The van der Waals surface area contributed by atoms with Gasteiger partial charge in [-0.05, 0) is 18.1 Å². The number of nitrogens with zero attached hydrogens (tertiary/aromatic N) is 5. The van der Waals surface area contributed by atoms with Crippen LogP contribution in [0.4, 0.5) is 10.8 Å². The van der Waals surface area contributed by atoms with Crippen molar-refractivity contribution in [2.24, 2.45) is 0 Å². The van der Waals surface area contributed by atoms with Crippen molar-refractivity contribution < 1.29 is 14.3 Å². The zero-order chi connectivity index (χ0) is 20.8. The first kappa shape index (κ1) is 19.0. The number of likely N-dealkylation sites (N-methyl/N-ethyl adjacent to an activating group) is 1. The normalized spacial score (nSPS) is 16.8. The van der Waals surface area contributed by atoms with Gasteiger partial charge >= 0.3 is 0 Å². The SMILES string of the molecule is COCCN1C(=O)CN(C)C(=O)c2c1sc1c2CCN(c2ncnc3[nH]ccc23)C1. The second-order valence-corrected chi connectivity index (χ2v) is 8.58. The van der Waals surface area contributed by atoms with E-state index in [9.17, 15) is 9.59 Å². The van der Waals surface area contributed by atoms with Gasteiger partial charge < -0.3 is 19.5 Å². The molecule has 0 atom stereocenters. The summed E-state index contributed by atoms with van der Waals surface area (Å²) in [5.41, 5.74) is 2.54. The molecule has 3 aromatic rings.